The molecule has 0 amide bonds. The van der Waals surface area contributed by atoms with E-state index in [0.29, 0.717) is 6.61 Å². The quantitative estimate of drug-likeness (QED) is 0.349. The fourth-order valence-corrected chi connectivity index (χ4v) is 8.13. The average Bonchev–Trinajstić information content (AvgIpc) is 2.67. The van der Waals surface area contributed by atoms with Gasteiger partial charge < -0.3 is 9.16 Å². The summed E-state index contributed by atoms with van der Waals surface area (Å²) in [4.78, 5) is 0. The Bertz CT molecular complexity index is 680. The second-order valence-electron chi connectivity index (χ2n) is 7.91. The Morgan fingerprint density at radius 1 is 0.926 bits per heavy atom. The molecule has 0 aliphatic heterocycles. The van der Waals surface area contributed by atoms with Gasteiger partial charge in [0.15, 0.2) is 0 Å². The molecular weight excluding hydrogens is 348 g/mol. The van der Waals surface area contributed by atoms with E-state index in [0.717, 1.165) is 0 Å². The van der Waals surface area contributed by atoms with E-state index in [4.69, 9.17) is 9.16 Å². The summed E-state index contributed by atoms with van der Waals surface area (Å²) in [5, 5.41) is 2.49. The number of benzene rings is 2. The van der Waals surface area contributed by atoms with Crippen LogP contribution in [0.3, 0.4) is 0 Å². The fraction of sp³-hybridized carbons (Fsp3) is 0.333. The van der Waals surface area contributed by atoms with Crippen molar-refractivity contribution < 1.29 is 9.16 Å². The summed E-state index contributed by atoms with van der Waals surface area (Å²) in [6, 6.07) is 21.3. The van der Waals surface area contributed by atoms with Crippen LogP contribution in [0.2, 0.25) is 5.04 Å². The van der Waals surface area contributed by atoms with Gasteiger partial charge in [0, 0.05) is 5.92 Å². The zero-order chi connectivity index (χ0) is 19.9. The monoisotopic (exact) mass is 380 g/mol. The van der Waals surface area contributed by atoms with Gasteiger partial charge in [0.2, 0.25) is 0 Å². The van der Waals surface area contributed by atoms with Gasteiger partial charge in [-0.2, -0.15) is 0 Å². The molecule has 0 fully saturated rings. The first-order valence-corrected chi connectivity index (χ1v) is 11.4. The van der Waals surface area contributed by atoms with Crippen LogP contribution in [-0.2, 0) is 9.16 Å². The molecule has 0 aliphatic rings. The zero-order valence-electron chi connectivity index (χ0n) is 17.0. The lowest BCUT2D eigenvalue weighted by atomic mass is 10.1. The Morgan fingerprint density at radius 2 is 1.41 bits per heavy atom. The molecule has 2 aromatic rings. The predicted molar refractivity (Wildman–Crippen MR) is 118 cm³/mol. The van der Waals surface area contributed by atoms with Crippen molar-refractivity contribution in [3.05, 3.63) is 86.2 Å². The highest BCUT2D eigenvalue weighted by atomic mass is 28.4. The lowest BCUT2D eigenvalue weighted by molar-refractivity contribution is 0.0591. The first-order chi connectivity index (χ1) is 12.9. The molecule has 0 bridgehead atoms. The molecule has 0 saturated carbocycles. The highest BCUT2D eigenvalue weighted by molar-refractivity contribution is 6.99. The van der Waals surface area contributed by atoms with Gasteiger partial charge in [-0.05, 0) is 15.4 Å². The van der Waals surface area contributed by atoms with Crippen molar-refractivity contribution >= 4 is 18.7 Å². The Morgan fingerprint density at radius 3 is 1.78 bits per heavy atom. The van der Waals surface area contributed by atoms with Crippen molar-refractivity contribution in [2.24, 2.45) is 5.92 Å². The molecule has 0 aromatic heterocycles. The molecule has 0 saturated heterocycles. The standard InChI is InChI=1S/C24H32O2Si/c1-7-20(3)23(25-8-2)19-26-27(24(4,5)6,21-15-11-9-12-16-21)22-17-13-10-14-18-22/h7-18,20,23H,1-2,19H2,3-6H3/t20-,23-/m0/s1. The topological polar surface area (TPSA) is 18.5 Å². The molecule has 2 atom stereocenters. The molecule has 0 spiro atoms. The molecule has 0 N–H and O–H groups in total. The van der Waals surface area contributed by atoms with Gasteiger partial charge in [0.1, 0.15) is 6.10 Å². The predicted octanol–water partition coefficient (Wildman–Crippen LogP) is 4.91. The van der Waals surface area contributed by atoms with Crippen molar-refractivity contribution in [1.29, 1.82) is 0 Å². The summed E-state index contributed by atoms with van der Waals surface area (Å²) >= 11 is 0. The van der Waals surface area contributed by atoms with Crippen LogP contribution in [0.4, 0.5) is 0 Å². The first-order valence-electron chi connectivity index (χ1n) is 9.50. The summed E-state index contributed by atoms with van der Waals surface area (Å²) in [5.74, 6) is 0.168. The minimum absolute atomic E-state index is 0.0497. The van der Waals surface area contributed by atoms with E-state index in [1.54, 1.807) is 0 Å². The fourth-order valence-electron chi connectivity index (χ4n) is 3.56. The Hall–Kier alpha value is -2.10. The molecule has 0 heterocycles. The molecule has 0 radical (unpaired) electrons. The second-order valence-corrected chi connectivity index (χ2v) is 12.2. The van der Waals surface area contributed by atoms with Crippen molar-refractivity contribution in [3.8, 4) is 0 Å². The minimum atomic E-state index is -2.55. The lowest BCUT2D eigenvalue weighted by Gasteiger charge is -2.43. The van der Waals surface area contributed by atoms with Crippen molar-refractivity contribution in [2.75, 3.05) is 6.61 Å². The van der Waals surface area contributed by atoms with E-state index in [2.05, 4.69) is 102 Å². The molecule has 2 nitrogen and oxygen atoms in total. The van der Waals surface area contributed by atoms with Crippen molar-refractivity contribution in [2.45, 2.75) is 38.8 Å². The maximum atomic E-state index is 6.92. The molecule has 27 heavy (non-hydrogen) atoms. The van der Waals surface area contributed by atoms with E-state index >= 15 is 0 Å². The zero-order valence-corrected chi connectivity index (χ0v) is 18.0. The number of hydrogen-bond acceptors (Lipinski definition) is 2. The van der Waals surface area contributed by atoms with Gasteiger partial charge in [0.05, 0.1) is 12.9 Å². The minimum Gasteiger partial charge on any atom is -0.496 e. The first kappa shape index (κ1) is 21.2. The Kier molecular flexibility index (Phi) is 7.23. The van der Waals surface area contributed by atoms with Crippen LogP contribution in [0.1, 0.15) is 27.7 Å². The highest BCUT2D eigenvalue weighted by Gasteiger charge is 2.50. The smallest absolute Gasteiger partial charge is 0.261 e. The summed E-state index contributed by atoms with van der Waals surface area (Å²) in [6.45, 7) is 17.1. The van der Waals surface area contributed by atoms with Crippen LogP contribution in [-0.4, -0.2) is 21.0 Å². The third kappa shape index (κ3) is 4.60. The molecule has 144 valence electrons. The van der Waals surface area contributed by atoms with E-state index < -0.39 is 8.32 Å². The van der Waals surface area contributed by atoms with Crippen molar-refractivity contribution in [3.63, 3.8) is 0 Å². The van der Waals surface area contributed by atoms with Gasteiger partial charge in [-0.25, -0.2) is 0 Å². The van der Waals surface area contributed by atoms with Crippen LogP contribution >= 0.6 is 0 Å². The summed E-state index contributed by atoms with van der Waals surface area (Å²) in [5.41, 5.74) is 0. The van der Waals surface area contributed by atoms with Gasteiger partial charge in [-0.15, -0.1) is 6.58 Å². The number of hydrogen-bond donors (Lipinski definition) is 0. The van der Waals surface area contributed by atoms with Crippen LogP contribution in [0.15, 0.2) is 86.2 Å². The van der Waals surface area contributed by atoms with E-state index in [1.165, 1.54) is 16.6 Å². The molecule has 2 rings (SSSR count). The third-order valence-corrected chi connectivity index (χ3v) is 10.1. The molecular formula is C24H32O2Si. The SMILES string of the molecule is C=CO[C@@H](CO[Si](c1ccccc1)(c1ccccc1)C(C)(C)C)[C@@H](C)C=C. The average molecular weight is 381 g/mol. The lowest BCUT2D eigenvalue weighted by Crippen LogP contribution is -2.67. The Balaban J connectivity index is 2.55. The molecule has 0 aliphatic carbocycles. The van der Waals surface area contributed by atoms with Gasteiger partial charge >= 0.3 is 0 Å². The third-order valence-electron chi connectivity index (χ3n) is 5.11. The summed E-state index contributed by atoms with van der Waals surface area (Å²) in [7, 11) is -2.55. The van der Waals surface area contributed by atoms with Crippen LogP contribution in [0, 0.1) is 5.92 Å². The maximum Gasteiger partial charge on any atom is 0.261 e. The molecule has 0 unspecified atom stereocenters. The summed E-state index contributed by atoms with van der Waals surface area (Å²) < 4.78 is 12.7. The van der Waals surface area contributed by atoms with Crippen molar-refractivity contribution in [1.82, 2.24) is 0 Å². The highest BCUT2D eigenvalue weighted by Crippen LogP contribution is 2.37. The van der Waals surface area contributed by atoms with Gasteiger partial charge in [-0.3, -0.25) is 0 Å². The second kappa shape index (κ2) is 9.20. The van der Waals surface area contributed by atoms with Crippen LogP contribution in [0.5, 0.6) is 0 Å². The van der Waals surface area contributed by atoms with Crippen LogP contribution < -0.4 is 10.4 Å². The summed E-state index contributed by atoms with van der Waals surface area (Å²) in [6.07, 6.45) is 3.30. The van der Waals surface area contributed by atoms with E-state index in [-0.39, 0.29) is 17.1 Å². The van der Waals surface area contributed by atoms with E-state index in [9.17, 15) is 0 Å². The number of ether oxygens (including phenoxy) is 1. The normalized spacial score (nSPS) is 14.2. The Labute approximate surface area is 165 Å². The largest absolute Gasteiger partial charge is 0.496 e. The molecule has 3 heteroatoms. The number of rotatable bonds is 9. The van der Waals surface area contributed by atoms with Gasteiger partial charge in [0.25, 0.3) is 8.32 Å². The van der Waals surface area contributed by atoms with Crippen LogP contribution in [0.25, 0.3) is 0 Å². The van der Waals surface area contributed by atoms with Gasteiger partial charge in [-0.1, -0.05) is 101 Å². The molecule has 2 aromatic carbocycles. The maximum absolute atomic E-state index is 6.92. The van der Waals surface area contributed by atoms with E-state index in [1.807, 2.05) is 6.08 Å².